The summed E-state index contributed by atoms with van der Waals surface area (Å²) in [7, 11) is 0. The molecule has 0 saturated heterocycles. The zero-order valence-electron chi connectivity index (χ0n) is 11.6. The van der Waals surface area contributed by atoms with Gasteiger partial charge in [-0.25, -0.2) is 0 Å². The minimum Gasteiger partial charge on any atom is -0.492 e. The highest BCUT2D eigenvalue weighted by Gasteiger charge is 2.09. The fourth-order valence-electron chi connectivity index (χ4n) is 2.00. The average Bonchev–Trinajstić information content (AvgIpc) is 2.26. The fraction of sp³-hybridized carbons (Fsp3) is 0.600. The van der Waals surface area contributed by atoms with Gasteiger partial charge in [-0.05, 0) is 42.9 Å². The first-order valence-electron chi connectivity index (χ1n) is 6.50. The average molecular weight is 271 g/mol. The van der Waals surface area contributed by atoms with Gasteiger partial charge in [0.2, 0.25) is 0 Å². The van der Waals surface area contributed by atoms with Crippen LogP contribution in [0.4, 0.5) is 0 Å². The standard InChI is InChI=1S/C15H23ClO2/c1-10(2)7-11(3)9-18-15-6-5-13(12(4)17)8-14(15)16/h5-6,8,10-12,17H,7,9H2,1-4H3. The highest BCUT2D eigenvalue weighted by Crippen LogP contribution is 2.28. The minimum absolute atomic E-state index is 0.503. The zero-order chi connectivity index (χ0) is 13.7. The second kappa shape index (κ2) is 7.01. The van der Waals surface area contributed by atoms with E-state index in [0.717, 1.165) is 12.0 Å². The van der Waals surface area contributed by atoms with Gasteiger partial charge in [0.05, 0.1) is 17.7 Å². The molecular weight excluding hydrogens is 248 g/mol. The van der Waals surface area contributed by atoms with Crippen molar-refractivity contribution < 1.29 is 9.84 Å². The summed E-state index contributed by atoms with van der Waals surface area (Å²) in [6.07, 6.45) is 0.639. The van der Waals surface area contributed by atoms with Crippen LogP contribution in [0.25, 0.3) is 0 Å². The van der Waals surface area contributed by atoms with Crippen LogP contribution < -0.4 is 4.74 Å². The number of ether oxygens (including phenoxy) is 1. The molecule has 0 radical (unpaired) electrons. The Bertz CT molecular complexity index is 375. The smallest absolute Gasteiger partial charge is 0.137 e. The quantitative estimate of drug-likeness (QED) is 0.827. The summed E-state index contributed by atoms with van der Waals surface area (Å²) in [5.74, 6) is 1.88. The van der Waals surface area contributed by atoms with Crippen LogP contribution in [0.5, 0.6) is 5.75 Å². The van der Waals surface area contributed by atoms with Crippen molar-refractivity contribution in [2.45, 2.75) is 40.2 Å². The maximum Gasteiger partial charge on any atom is 0.137 e. The largest absolute Gasteiger partial charge is 0.492 e. The molecule has 0 fully saturated rings. The number of hydrogen-bond acceptors (Lipinski definition) is 2. The molecule has 0 aromatic heterocycles. The Morgan fingerprint density at radius 2 is 1.89 bits per heavy atom. The molecule has 1 aromatic rings. The first-order valence-corrected chi connectivity index (χ1v) is 6.88. The number of hydrogen-bond donors (Lipinski definition) is 1. The van der Waals surface area contributed by atoms with E-state index in [1.54, 1.807) is 13.0 Å². The van der Waals surface area contributed by atoms with E-state index in [4.69, 9.17) is 16.3 Å². The summed E-state index contributed by atoms with van der Waals surface area (Å²) in [5.41, 5.74) is 0.808. The molecule has 18 heavy (non-hydrogen) atoms. The zero-order valence-corrected chi connectivity index (χ0v) is 12.4. The van der Waals surface area contributed by atoms with Crippen molar-refractivity contribution in [2.24, 2.45) is 11.8 Å². The molecule has 0 heterocycles. The highest BCUT2D eigenvalue weighted by atomic mass is 35.5. The lowest BCUT2D eigenvalue weighted by molar-refractivity contribution is 0.199. The van der Waals surface area contributed by atoms with Gasteiger partial charge in [0, 0.05) is 0 Å². The van der Waals surface area contributed by atoms with Crippen LogP contribution in [0.3, 0.4) is 0 Å². The number of aliphatic hydroxyl groups is 1. The molecule has 0 spiro atoms. The molecule has 0 aliphatic heterocycles. The lowest BCUT2D eigenvalue weighted by atomic mass is 10.00. The first kappa shape index (κ1) is 15.3. The van der Waals surface area contributed by atoms with Crippen LogP contribution in [-0.2, 0) is 0 Å². The van der Waals surface area contributed by atoms with Crippen molar-refractivity contribution in [1.29, 1.82) is 0 Å². The molecular formula is C15H23ClO2. The molecule has 0 saturated carbocycles. The predicted molar refractivity (Wildman–Crippen MR) is 76.2 cm³/mol. The van der Waals surface area contributed by atoms with E-state index in [0.29, 0.717) is 29.2 Å². The summed E-state index contributed by atoms with van der Waals surface area (Å²) >= 11 is 6.13. The number of aliphatic hydroxyl groups excluding tert-OH is 1. The fourth-order valence-corrected chi connectivity index (χ4v) is 2.24. The minimum atomic E-state index is -0.503. The molecule has 1 rings (SSSR count). The van der Waals surface area contributed by atoms with E-state index >= 15 is 0 Å². The van der Waals surface area contributed by atoms with Gasteiger partial charge in [-0.3, -0.25) is 0 Å². The molecule has 1 N–H and O–H groups in total. The van der Waals surface area contributed by atoms with Crippen LogP contribution in [0.2, 0.25) is 5.02 Å². The number of benzene rings is 1. The molecule has 2 nitrogen and oxygen atoms in total. The van der Waals surface area contributed by atoms with E-state index in [-0.39, 0.29) is 0 Å². The van der Waals surface area contributed by atoms with Crippen LogP contribution in [0, 0.1) is 11.8 Å². The molecule has 1 aromatic carbocycles. The third-order valence-electron chi connectivity index (χ3n) is 2.84. The lowest BCUT2D eigenvalue weighted by Crippen LogP contribution is -2.11. The third-order valence-corrected chi connectivity index (χ3v) is 3.13. The van der Waals surface area contributed by atoms with Crippen molar-refractivity contribution in [3.63, 3.8) is 0 Å². The van der Waals surface area contributed by atoms with E-state index in [1.807, 2.05) is 12.1 Å². The van der Waals surface area contributed by atoms with Gasteiger partial charge >= 0.3 is 0 Å². The molecule has 3 heteroatoms. The molecule has 2 unspecified atom stereocenters. The predicted octanol–water partition coefficient (Wildman–Crippen LogP) is 4.45. The van der Waals surface area contributed by atoms with E-state index < -0.39 is 6.10 Å². The van der Waals surface area contributed by atoms with Gasteiger partial charge in [-0.15, -0.1) is 0 Å². The Morgan fingerprint density at radius 3 is 2.39 bits per heavy atom. The van der Waals surface area contributed by atoms with Crippen LogP contribution >= 0.6 is 11.6 Å². The van der Waals surface area contributed by atoms with Gasteiger partial charge < -0.3 is 9.84 Å². The Morgan fingerprint density at radius 1 is 1.22 bits per heavy atom. The van der Waals surface area contributed by atoms with E-state index in [2.05, 4.69) is 20.8 Å². The maximum atomic E-state index is 9.46. The molecule has 102 valence electrons. The van der Waals surface area contributed by atoms with Crippen LogP contribution in [0.1, 0.15) is 45.8 Å². The van der Waals surface area contributed by atoms with Crippen molar-refractivity contribution in [3.05, 3.63) is 28.8 Å². The first-order chi connectivity index (χ1) is 8.40. The Labute approximate surface area is 115 Å². The van der Waals surface area contributed by atoms with E-state index in [9.17, 15) is 5.11 Å². The summed E-state index contributed by atoms with van der Waals surface area (Å²) in [4.78, 5) is 0. The van der Waals surface area contributed by atoms with Crippen molar-refractivity contribution >= 4 is 11.6 Å². The Kier molecular flexibility index (Phi) is 5.97. The Balaban J connectivity index is 2.58. The molecule has 2 atom stereocenters. The van der Waals surface area contributed by atoms with Gasteiger partial charge in [0.1, 0.15) is 5.75 Å². The lowest BCUT2D eigenvalue weighted by Gasteiger charge is -2.16. The molecule has 0 amide bonds. The molecule has 0 aliphatic rings. The summed E-state index contributed by atoms with van der Waals surface area (Å²) in [6.45, 7) is 8.99. The van der Waals surface area contributed by atoms with E-state index in [1.165, 1.54) is 0 Å². The summed E-state index contributed by atoms with van der Waals surface area (Å²) in [5, 5.41) is 10.0. The highest BCUT2D eigenvalue weighted by molar-refractivity contribution is 6.32. The second-order valence-electron chi connectivity index (χ2n) is 5.41. The topological polar surface area (TPSA) is 29.5 Å². The monoisotopic (exact) mass is 270 g/mol. The second-order valence-corrected chi connectivity index (χ2v) is 5.82. The summed E-state index contributed by atoms with van der Waals surface area (Å²) in [6, 6.07) is 5.43. The summed E-state index contributed by atoms with van der Waals surface area (Å²) < 4.78 is 5.72. The van der Waals surface area contributed by atoms with Gasteiger partial charge in [0.15, 0.2) is 0 Å². The number of halogens is 1. The van der Waals surface area contributed by atoms with Crippen molar-refractivity contribution in [3.8, 4) is 5.75 Å². The van der Waals surface area contributed by atoms with Crippen LogP contribution in [0.15, 0.2) is 18.2 Å². The number of rotatable bonds is 6. The molecule has 0 aliphatic carbocycles. The normalized spacial score (nSPS) is 14.6. The van der Waals surface area contributed by atoms with Gasteiger partial charge in [-0.2, -0.15) is 0 Å². The van der Waals surface area contributed by atoms with Gasteiger partial charge in [0.25, 0.3) is 0 Å². The van der Waals surface area contributed by atoms with Crippen molar-refractivity contribution in [1.82, 2.24) is 0 Å². The Hall–Kier alpha value is -0.730. The SMILES string of the molecule is CC(C)CC(C)COc1ccc(C(C)O)cc1Cl. The molecule has 0 bridgehead atoms. The van der Waals surface area contributed by atoms with Gasteiger partial charge in [-0.1, -0.05) is 38.4 Å². The van der Waals surface area contributed by atoms with Crippen LogP contribution in [-0.4, -0.2) is 11.7 Å². The third kappa shape index (κ3) is 4.87. The van der Waals surface area contributed by atoms with Crippen molar-refractivity contribution in [2.75, 3.05) is 6.61 Å². The maximum absolute atomic E-state index is 9.46.